The molecule has 0 atom stereocenters. The van der Waals surface area contributed by atoms with Crippen LogP contribution in [-0.2, 0) is 5.11 Å². The second kappa shape index (κ2) is 9.28. The predicted molar refractivity (Wildman–Crippen MR) is 110 cm³/mol. The lowest BCUT2D eigenvalue weighted by Crippen LogP contribution is -2.32. The van der Waals surface area contributed by atoms with Gasteiger partial charge >= 0.3 is 0 Å². The van der Waals surface area contributed by atoms with Crippen molar-refractivity contribution in [3.8, 4) is 22.5 Å². The van der Waals surface area contributed by atoms with Crippen LogP contribution in [0.1, 0.15) is 26.7 Å². The number of benzene rings is 2. The predicted octanol–water partition coefficient (Wildman–Crippen LogP) is 5.24. The summed E-state index contributed by atoms with van der Waals surface area (Å²) in [4.78, 5) is 12.0. The van der Waals surface area contributed by atoms with E-state index in [0.29, 0.717) is 6.42 Å². The largest absolute Gasteiger partial charge is 0.353 e. The zero-order valence-electron chi connectivity index (χ0n) is 16.0. The van der Waals surface area contributed by atoms with Gasteiger partial charge in [-0.05, 0) is 26.7 Å². The summed E-state index contributed by atoms with van der Waals surface area (Å²) < 4.78 is 0. The van der Waals surface area contributed by atoms with Crippen LogP contribution in [0.3, 0.4) is 0 Å². The molecule has 3 aromatic rings. The average molecular weight is 360 g/mol. The molecule has 0 aliphatic rings. The number of aromatic nitrogens is 2. The SMILES string of the molecule is CC(C)N(CCCC[O])c1cnc(-c2ccccc2)c(-c2ccccc2)n1. The maximum Gasteiger partial charge on any atom is 0.148 e. The standard InChI is InChI=1S/C23H26N3O/c1-18(2)26(15-9-10-16-27)21-17-24-22(19-11-5-3-6-12-19)23(25-21)20-13-7-4-8-14-20/h3-8,11-14,17-18H,9-10,15-16H2,1-2H3. The van der Waals surface area contributed by atoms with Gasteiger partial charge in [0.05, 0.1) is 24.2 Å². The summed E-state index contributed by atoms with van der Waals surface area (Å²) >= 11 is 0. The molecule has 0 saturated carbocycles. The summed E-state index contributed by atoms with van der Waals surface area (Å²) in [5.74, 6) is 0.856. The maximum absolute atomic E-state index is 10.8. The molecular formula is C23H26N3O. The van der Waals surface area contributed by atoms with E-state index in [1.165, 1.54) is 0 Å². The highest BCUT2D eigenvalue weighted by Gasteiger charge is 2.17. The van der Waals surface area contributed by atoms with Crippen LogP contribution in [0.25, 0.3) is 22.5 Å². The van der Waals surface area contributed by atoms with E-state index in [9.17, 15) is 5.11 Å². The van der Waals surface area contributed by atoms with Gasteiger partial charge in [0, 0.05) is 23.7 Å². The normalized spacial score (nSPS) is 11.0. The molecule has 1 aromatic heterocycles. The van der Waals surface area contributed by atoms with Crippen molar-refractivity contribution in [3.05, 3.63) is 66.9 Å². The van der Waals surface area contributed by atoms with Crippen molar-refractivity contribution in [1.29, 1.82) is 0 Å². The second-order valence-electron chi connectivity index (χ2n) is 6.86. The molecule has 0 unspecified atom stereocenters. The first-order valence-electron chi connectivity index (χ1n) is 9.53. The number of unbranched alkanes of at least 4 members (excludes halogenated alkanes) is 1. The van der Waals surface area contributed by atoms with Crippen LogP contribution >= 0.6 is 0 Å². The van der Waals surface area contributed by atoms with E-state index >= 15 is 0 Å². The van der Waals surface area contributed by atoms with Crippen LogP contribution in [-0.4, -0.2) is 29.2 Å². The number of rotatable bonds is 8. The van der Waals surface area contributed by atoms with Crippen molar-refractivity contribution in [3.63, 3.8) is 0 Å². The Hall–Kier alpha value is -2.72. The molecule has 1 radical (unpaired) electrons. The Kier molecular flexibility index (Phi) is 6.55. The van der Waals surface area contributed by atoms with Crippen molar-refractivity contribution in [2.75, 3.05) is 18.1 Å². The van der Waals surface area contributed by atoms with Gasteiger partial charge in [-0.3, -0.25) is 4.98 Å². The van der Waals surface area contributed by atoms with Crippen LogP contribution in [0, 0.1) is 0 Å². The Labute approximate surface area is 161 Å². The van der Waals surface area contributed by atoms with Gasteiger partial charge in [-0.25, -0.2) is 10.1 Å². The lowest BCUT2D eigenvalue weighted by Gasteiger charge is -2.28. The Morgan fingerprint density at radius 3 is 2.00 bits per heavy atom. The molecule has 0 bridgehead atoms. The zero-order valence-corrected chi connectivity index (χ0v) is 16.0. The summed E-state index contributed by atoms with van der Waals surface area (Å²) in [6.07, 6.45) is 3.40. The molecule has 4 heteroatoms. The van der Waals surface area contributed by atoms with Crippen molar-refractivity contribution < 1.29 is 5.11 Å². The third-order valence-electron chi connectivity index (χ3n) is 4.57. The highest BCUT2D eigenvalue weighted by atomic mass is 16.2. The lowest BCUT2D eigenvalue weighted by molar-refractivity contribution is 0.187. The minimum atomic E-state index is -0.0280. The molecule has 2 aromatic carbocycles. The molecule has 27 heavy (non-hydrogen) atoms. The molecule has 1 heterocycles. The summed E-state index contributed by atoms with van der Waals surface area (Å²) in [6, 6.07) is 20.6. The number of nitrogens with zero attached hydrogens (tertiary/aromatic N) is 3. The molecular weight excluding hydrogens is 334 g/mol. The Balaban J connectivity index is 2.05. The van der Waals surface area contributed by atoms with Crippen LogP contribution in [0.2, 0.25) is 0 Å². The van der Waals surface area contributed by atoms with Crippen LogP contribution in [0.4, 0.5) is 5.82 Å². The molecule has 0 N–H and O–H groups in total. The highest BCUT2D eigenvalue weighted by molar-refractivity contribution is 5.78. The average Bonchev–Trinajstić information content (AvgIpc) is 2.72. The second-order valence-corrected chi connectivity index (χ2v) is 6.86. The van der Waals surface area contributed by atoms with Gasteiger partial charge in [-0.1, -0.05) is 60.7 Å². The molecule has 4 nitrogen and oxygen atoms in total. The number of anilines is 1. The van der Waals surface area contributed by atoms with Gasteiger partial charge in [0.2, 0.25) is 0 Å². The van der Waals surface area contributed by atoms with Crippen molar-refractivity contribution >= 4 is 5.82 Å². The van der Waals surface area contributed by atoms with E-state index in [4.69, 9.17) is 9.97 Å². The molecule has 0 fully saturated rings. The fourth-order valence-corrected chi connectivity index (χ4v) is 3.14. The highest BCUT2D eigenvalue weighted by Crippen LogP contribution is 2.30. The smallest absolute Gasteiger partial charge is 0.148 e. The quantitative estimate of drug-likeness (QED) is 0.516. The first-order chi connectivity index (χ1) is 13.2. The molecule has 0 saturated heterocycles. The van der Waals surface area contributed by atoms with Crippen LogP contribution in [0.5, 0.6) is 0 Å². The maximum atomic E-state index is 10.8. The monoisotopic (exact) mass is 360 g/mol. The van der Waals surface area contributed by atoms with E-state index in [1.54, 1.807) is 0 Å². The Bertz CT molecular complexity index is 835. The van der Waals surface area contributed by atoms with Crippen molar-refractivity contribution in [1.82, 2.24) is 9.97 Å². The zero-order chi connectivity index (χ0) is 19.1. The van der Waals surface area contributed by atoms with Crippen LogP contribution in [0.15, 0.2) is 66.9 Å². The minimum Gasteiger partial charge on any atom is -0.353 e. The summed E-state index contributed by atoms with van der Waals surface area (Å²) in [6.45, 7) is 5.08. The van der Waals surface area contributed by atoms with Crippen molar-refractivity contribution in [2.24, 2.45) is 0 Å². The topological polar surface area (TPSA) is 48.9 Å². The molecule has 0 aliphatic heterocycles. The molecule has 0 aliphatic carbocycles. The van der Waals surface area contributed by atoms with Gasteiger partial charge in [0.15, 0.2) is 0 Å². The van der Waals surface area contributed by atoms with Gasteiger partial charge in [0.1, 0.15) is 5.82 Å². The van der Waals surface area contributed by atoms with Gasteiger partial charge in [-0.15, -0.1) is 0 Å². The summed E-state index contributed by atoms with van der Waals surface area (Å²) in [7, 11) is 0. The van der Waals surface area contributed by atoms with Gasteiger partial charge in [-0.2, -0.15) is 0 Å². The first kappa shape index (κ1) is 19.1. The third-order valence-corrected chi connectivity index (χ3v) is 4.57. The van der Waals surface area contributed by atoms with Crippen molar-refractivity contribution in [2.45, 2.75) is 32.7 Å². The Morgan fingerprint density at radius 2 is 1.44 bits per heavy atom. The molecule has 3 rings (SSSR count). The summed E-state index contributed by atoms with van der Waals surface area (Å²) in [5.41, 5.74) is 3.87. The van der Waals surface area contributed by atoms with Gasteiger partial charge in [0.25, 0.3) is 0 Å². The summed E-state index contributed by atoms with van der Waals surface area (Å²) in [5, 5.41) is 10.8. The molecule has 0 spiro atoms. The van der Waals surface area contributed by atoms with E-state index in [2.05, 4.69) is 43.0 Å². The van der Waals surface area contributed by atoms with Crippen LogP contribution < -0.4 is 4.90 Å². The Morgan fingerprint density at radius 1 is 0.852 bits per heavy atom. The van der Waals surface area contributed by atoms with E-state index in [1.807, 2.05) is 42.6 Å². The van der Waals surface area contributed by atoms with E-state index in [-0.39, 0.29) is 12.6 Å². The fourth-order valence-electron chi connectivity index (χ4n) is 3.14. The van der Waals surface area contributed by atoms with E-state index < -0.39 is 0 Å². The number of hydrogen-bond donors (Lipinski definition) is 0. The minimum absolute atomic E-state index is 0.0280. The number of hydrogen-bond acceptors (Lipinski definition) is 3. The third kappa shape index (κ3) is 4.72. The van der Waals surface area contributed by atoms with E-state index in [0.717, 1.165) is 41.3 Å². The first-order valence-corrected chi connectivity index (χ1v) is 9.53. The lowest BCUT2D eigenvalue weighted by atomic mass is 10.0. The fraction of sp³-hybridized carbons (Fsp3) is 0.304. The van der Waals surface area contributed by atoms with Gasteiger partial charge < -0.3 is 4.90 Å². The molecule has 139 valence electrons. The molecule has 0 amide bonds.